The van der Waals surface area contributed by atoms with Crippen molar-refractivity contribution < 1.29 is 0 Å². The predicted octanol–water partition coefficient (Wildman–Crippen LogP) is 1.20. The first-order chi connectivity index (χ1) is 2.81. The molecule has 0 bridgehead atoms. The Morgan fingerprint density at radius 1 is 1.71 bits per heavy atom. The van der Waals surface area contributed by atoms with Crippen LogP contribution in [0.3, 0.4) is 0 Å². The highest BCUT2D eigenvalue weighted by molar-refractivity contribution is 6.21. The summed E-state index contributed by atoms with van der Waals surface area (Å²) in [6.45, 7) is 1.78. The molecule has 0 heterocycles. The smallest absolute Gasteiger partial charge is 0.107 e. The second kappa shape index (κ2) is 6.05. The van der Waals surface area contributed by atoms with Crippen LogP contribution >= 0.6 is 24.2 Å². The van der Waals surface area contributed by atoms with Crippen LogP contribution in [0.25, 0.3) is 0 Å². The van der Waals surface area contributed by atoms with E-state index in [1.807, 2.05) is 0 Å². The number of rotatable bonds is 0. The molecule has 0 aliphatic heterocycles. The van der Waals surface area contributed by atoms with Gasteiger partial charge in [-0.25, -0.2) is 0 Å². The molecule has 0 aromatic rings. The van der Waals surface area contributed by atoms with Gasteiger partial charge in [-0.3, -0.25) is 9.83 Å². The summed E-state index contributed by atoms with van der Waals surface area (Å²) in [6.07, 6.45) is 0. The Balaban J connectivity index is 0. The van der Waals surface area contributed by atoms with Crippen LogP contribution < -0.4 is 4.84 Å². The van der Waals surface area contributed by atoms with Crippen LogP contribution in [0.5, 0.6) is 0 Å². The summed E-state index contributed by atoms with van der Waals surface area (Å²) in [6, 6.07) is 0. The summed E-state index contributed by atoms with van der Waals surface area (Å²) in [5.41, 5.74) is 0. The van der Waals surface area contributed by atoms with E-state index in [1.165, 1.54) is 0 Å². The molecule has 0 saturated carbocycles. The van der Waals surface area contributed by atoms with Gasteiger partial charge in [0.2, 0.25) is 0 Å². The maximum Gasteiger partial charge on any atom is 0.107 e. The molecule has 0 aromatic carbocycles. The van der Waals surface area contributed by atoms with Gasteiger partial charge in [-0.2, -0.15) is 0 Å². The van der Waals surface area contributed by atoms with E-state index >= 15 is 0 Å². The SMILES string of the molecule is CN=C(C)NCl.Cl. The normalized spacial score (nSPS) is 9.86. The van der Waals surface area contributed by atoms with Gasteiger partial charge in [-0.05, 0) is 6.92 Å². The topological polar surface area (TPSA) is 24.4 Å². The highest BCUT2D eigenvalue weighted by Gasteiger charge is 1.73. The van der Waals surface area contributed by atoms with Crippen LogP contribution in [-0.2, 0) is 0 Å². The Hall–Kier alpha value is 0.0500. The van der Waals surface area contributed by atoms with E-state index in [9.17, 15) is 0 Å². The lowest BCUT2D eigenvalue weighted by molar-refractivity contribution is 1.33. The van der Waals surface area contributed by atoms with E-state index in [0.717, 1.165) is 5.84 Å². The Morgan fingerprint density at radius 2 is 2.14 bits per heavy atom. The second-order valence-electron chi connectivity index (χ2n) is 0.904. The Morgan fingerprint density at radius 3 is 2.14 bits per heavy atom. The maximum absolute atomic E-state index is 5.07. The first-order valence-corrected chi connectivity index (χ1v) is 1.99. The van der Waals surface area contributed by atoms with Crippen molar-refractivity contribution in [2.75, 3.05) is 7.05 Å². The third-order valence-corrected chi connectivity index (χ3v) is 0.746. The van der Waals surface area contributed by atoms with Crippen molar-refractivity contribution in [1.82, 2.24) is 4.84 Å². The molecule has 0 atom stereocenters. The van der Waals surface area contributed by atoms with Crippen LogP contribution in [0.15, 0.2) is 4.99 Å². The third-order valence-electron chi connectivity index (χ3n) is 0.472. The molecule has 0 rings (SSSR count). The molecule has 0 aromatic heterocycles. The van der Waals surface area contributed by atoms with Crippen LogP contribution in [0.4, 0.5) is 0 Å². The second-order valence-corrected chi connectivity index (χ2v) is 1.09. The molecule has 0 aliphatic rings. The van der Waals surface area contributed by atoms with Crippen LogP contribution in [0.1, 0.15) is 6.92 Å². The fourth-order valence-corrected chi connectivity index (χ4v) is 0.127. The van der Waals surface area contributed by atoms with E-state index in [4.69, 9.17) is 11.8 Å². The van der Waals surface area contributed by atoms with Gasteiger partial charge in [-0.15, -0.1) is 12.4 Å². The zero-order valence-corrected chi connectivity index (χ0v) is 5.81. The highest BCUT2D eigenvalue weighted by Crippen LogP contribution is 1.66. The largest absolute Gasteiger partial charge is 0.287 e. The molecule has 1 N–H and O–H groups in total. The molecule has 0 unspecified atom stereocenters. The van der Waals surface area contributed by atoms with E-state index < -0.39 is 0 Å². The van der Waals surface area contributed by atoms with Crippen molar-refractivity contribution in [3.63, 3.8) is 0 Å². The average molecular weight is 143 g/mol. The predicted molar refractivity (Wildman–Crippen MR) is 35.3 cm³/mol. The standard InChI is InChI=1S/C3H7ClN2.ClH/c1-3(5-2)6-4;/h1-2H3,(H,5,6);1H. The minimum Gasteiger partial charge on any atom is -0.287 e. The first-order valence-electron chi connectivity index (χ1n) is 1.61. The quantitative estimate of drug-likeness (QED) is 0.307. The van der Waals surface area contributed by atoms with Gasteiger partial charge in [0.15, 0.2) is 0 Å². The number of halogens is 2. The zero-order chi connectivity index (χ0) is 4.99. The minimum atomic E-state index is 0. The highest BCUT2D eigenvalue weighted by atomic mass is 35.5. The number of hydrogen-bond donors (Lipinski definition) is 1. The molecule has 4 heteroatoms. The van der Waals surface area contributed by atoms with Crippen molar-refractivity contribution in [2.24, 2.45) is 4.99 Å². The summed E-state index contributed by atoms with van der Waals surface area (Å²) in [7, 11) is 1.67. The molecule has 2 nitrogen and oxygen atoms in total. The maximum atomic E-state index is 5.07. The van der Waals surface area contributed by atoms with Crippen molar-refractivity contribution in [3.8, 4) is 0 Å². The fraction of sp³-hybridized carbons (Fsp3) is 0.667. The molecule has 0 amide bonds. The van der Waals surface area contributed by atoms with Gasteiger partial charge >= 0.3 is 0 Å². The zero-order valence-electron chi connectivity index (χ0n) is 4.23. The van der Waals surface area contributed by atoms with Crippen molar-refractivity contribution in [2.45, 2.75) is 6.92 Å². The third kappa shape index (κ3) is 6.05. The minimum absolute atomic E-state index is 0. The molecule has 0 radical (unpaired) electrons. The van der Waals surface area contributed by atoms with E-state index in [2.05, 4.69) is 9.83 Å². The number of nitrogens with one attached hydrogen (secondary N) is 1. The monoisotopic (exact) mass is 142 g/mol. The van der Waals surface area contributed by atoms with Gasteiger partial charge in [-0.1, -0.05) is 0 Å². The van der Waals surface area contributed by atoms with Gasteiger partial charge in [0.1, 0.15) is 5.84 Å². The summed E-state index contributed by atoms with van der Waals surface area (Å²) in [5, 5.41) is 0. The van der Waals surface area contributed by atoms with Crippen molar-refractivity contribution in [3.05, 3.63) is 0 Å². The first kappa shape index (κ1) is 10.1. The van der Waals surface area contributed by atoms with Gasteiger partial charge in [0.25, 0.3) is 0 Å². The lowest BCUT2D eigenvalue weighted by Gasteiger charge is -1.86. The Kier molecular flexibility index (Phi) is 8.75. The summed E-state index contributed by atoms with van der Waals surface area (Å²) in [5.74, 6) is 0.733. The molecule has 0 spiro atoms. The van der Waals surface area contributed by atoms with E-state index in [1.54, 1.807) is 14.0 Å². The van der Waals surface area contributed by atoms with Crippen LogP contribution in [0.2, 0.25) is 0 Å². The molecule has 0 saturated heterocycles. The van der Waals surface area contributed by atoms with Crippen molar-refractivity contribution in [1.29, 1.82) is 0 Å². The van der Waals surface area contributed by atoms with Crippen LogP contribution in [0, 0.1) is 0 Å². The Labute approximate surface area is 54.5 Å². The van der Waals surface area contributed by atoms with E-state index in [-0.39, 0.29) is 12.4 Å². The molecular formula is C3H8Cl2N2. The molecule has 0 aliphatic carbocycles. The Bertz CT molecular complexity index is 62.0. The van der Waals surface area contributed by atoms with Crippen LogP contribution in [-0.4, -0.2) is 12.9 Å². The fourth-order valence-electron chi connectivity index (χ4n) is 0.0423. The number of amidine groups is 1. The van der Waals surface area contributed by atoms with Gasteiger partial charge < -0.3 is 0 Å². The summed E-state index contributed by atoms with van der Waals surface area (Å²) >= 11 is 5.07. The lowest BCUT2D eigenvalue weighted by atomic mass is 10.7. The molecule has 7 heavy (non-hydrogen) atoms. The average Bonchev–Trinajstić information content (AvgIpc) is 1.65. The van der Waals surface area contributed by atoms with E-state index in [0.29, 0.717) is 0 Å². The summed E-state index contributed by atoms with van der Waals surface area (Å²) in [4.78, 5) is 6.02. The molecule has 44 valence electrons. The van der Waals surface area contributed by atoms with Gasteiger partial charge in [0, 0.05) is 18.8 Å². The number of nitrogens with zero attached hydrogens (tertiary/aromatic N) is 1. The molecular weight excluding hydrogens is 135 g/mol. The number of hydrogen-bond acceptors (Lipinski definition) is 1. The number of aliphatic imine (C=N–C) groups is 1. The van der Waals surface area contributed by atoms with Crippen molar-refractivity contribution >= 4 is 30.0 Å². The summed E-state index contributed by atoms with van der Waals surface area (Å²) < 4.78 is 0. The molecule has 0 fully saturated rings. The lowest BCUT2D eigenvalue weighted by Crippen LogP contribution is -2.05. The van der Waals surface area contributed by atoms with Gasteiger partial charge in [0.05, 0.1) is 0 Å².